The topological polar surface area (TPSA) is 144 Å². The van der Waals surface area contributed by atoms with Crippen molar-refractivity contribution in [1.82, 2.24) is 5.32 Å². The first-order valence-corrected chi connectivity index (χ1v) is 12.2. The Labute approximate surface area is 217 Å². The van der Waals surface area contributed by atoms with Crippen LogP contribution < -0.4 is 5.32 Å². The minimum atomic E-state index is -1.79. The summed E-state index contributed by atoms with van der Waals surface area (Å²) in [6.07, 6.45) is -3.17. The molecule has 0 unspecified atom stereocenters. The Balaban J connectivity index is 1.63. The average molecular weight is 554 g/mol. The first-order valence-electron chi connectivity index (χ1n) is 11.1. The van der Waals surface area contributed by atoms with Gasteiger partial charge in [0.25, 0.3) is 0 Å². The predicted molar refractivity (Wildman–Crippen MR) is 127 cm³/mol. The fraction of sp³-hybridized carbons (Fsp3) is 0.667. The molecule has 2 aliphatic rings. The summed E-state index contributed by atoms with van der Waals surface area (Å²) in [5.41, 5.74) is 9.11. The van der Waals surface area contributed by atoms with Crippen molar-refractivity contribution in [2.75, 3.05) is 26.4 Å². The number of fused-ring (bicyclic) bond motifs is 1. The minimum absolute atomic E-state index is 0.151. The molecule has 1 amide bonds. The van der Waals surface area contributed by atoms with Crippen molar-refractivity contribution in [1.29, 1.82) is 0 Å². The van der Waals surface area contributed by atoms with Gasteiger partial charge in [0.1, 0.15) is 31.0 Å². The highest BCUT2D eigenvalue weighted by Gasteiger charge is 2.50. The molecular formula is C21H27Cl3N4O7. The van der Waals surface area contributed by atoms with E-state index in [2.05, 4.69) is 15.3 Å². The summed E-state index contributed by atoms with van der Waals surface area (Å²) in [5.74, 6) is 0. The van der Waals surface area contributed by atoms with Crippen LogP contribution in [0, 0.1) is 0 Å². The zero-order valence-electron chi connectivity index (χ0n) is 18.7. The molecule has 2 N–H and O–H groups in total. The number of ether oxygens (including phenoxy) is 5. The van der Waals surface area contributed by atoms with Crippen LogP contribution in [-0.4, -0.2) is 72.0 Å². The Kier molecular flexibility index (Phi) is 11.0. The van der Waals surface area contributed by atoms with Gasteiger partial charge in [0.05, 0.1) is 6.61 Å². The molecule has 0 aliphatic carbocycles. The average Bonchev–Trinajstić information content (AvgIpc) is 2.84. The van der Waals surface area contributed by atoms with Gasteiger partial charge in [0.2, 0.25) is 3.79 Å². The molecule has 6 atom stereocenters. The number of aliphatic hydroxyl groups excluding tert-OH is 1. The molecule has 1 aromatic rings. The van der Waals surface area contributed by atoms with Crippen LogP contribution >= 0.6 is 34.8 Å². The molecule has 1 aromatic carbocycles. The number of rotatable bonds is 10. The van der Waals surface area contributed by atoms with Gasteiger partial charge in [-0.3, -0.25) is 0 Å². The maximum absolute atomic E-state index is 12.3. The van der Waals surface area contributed by atoms with Crippen molar-refractivity contribution >= 4 is 40.9 Å². The van der Waals surface area contributed by atoms with E-state index in [1.54, 1.807) is 0 Å². The number of halogens is 3. The Bertz CT molecular complexity index is 857. The second kappa shape index (κ2) is 13.7. The molecule has 14 heteroatoms. The van der Waals surface area contributed by atoms with Crippen molar-refractivity contribution in [3.63, 3.8) is 0 Å². The fourth-order valence-electron chi connectivity index (χ4n) is 3.70. The number of alkyl halides is 3. The predicted octanol–water partition coefficient (Wildman–Crippen LogP) is 4.15. The number of azide groups is 1. The normalized spacial score (nSPS) is 28.5. The number of benzene rings is 1. The summed E-state index contributed by atoms with van der Waals surface area (Å²) < 4.78 is 26.8. The Morgan fingerprint density at radius 2 is 2.00 bits per heavy atom. The molecule has 2 fully saturated rings. The lowest BCUT2D eigenvalue weighted by atomic mass is 9.96. The molecule has 35 heavy (non-hydrogen) atoms. The maximum atomic E-state index is 12.3. The molecule has 2 saturated heterocycles. The van der Waals surface area contributed by atoms with Gasteiger partial charge in [-0.1, -0.05) is 76.7 Å². The van der Waals surface area contributed by atoms with E-state index in [4.69, 9.17) is 64.0 Å². The molecule has 2 heterocycles. The van der Waals surface area contributed by atoms with E-state index in [0.717, 1.165) is 12.0 Å². The standard InChI is InChI=1S/C21H27Cl3N4O7/c22-21(23,24)12-33-20(30)27-15-16(29)17-14(11-32-18(35-17)13-7-3-1-4-8-13)34-19(15)31-10-6-2-5-9-26-28-25/h1,3-4,7-8,14-19,29H,2,5-6,9-12H2,(H,27,30)/t14-,15-,16-,17-,18-,19-/m1/s1. The van der Waals surface area contributed by atoms with Gasteiger partial charge in [-0.15, -0.1) is 0 Å². The number of carbonyl (C=O) groups is 1. The highest BCUT2D eigenvalue weighted by molar-refractivity contribution is 6.67. The van der Waals surface area contributed by atoms with Crippen molar-refractivity contribution in [3.05, 3.63) is 46.3 Å². The monoisotopic (exact) mass is 552 g/mol. The van der Waals surface area contributed by atoms with E-state index in [0.29, 0.717) is 19.4 Å². The summed E-state index contributed by atoms with van der Waals surface area (Å²) in [4.78, 5) is 15.0. The lowest BCUT2D eigenvalue weighted by molar-refractivity contribution is -0.344. The van der Waals surface area contributed by atoms with Gasteiger partial charge < -0.3 is 34.1 Å². The Hall–Kier alpha value is -1.53. The highest BCUT2D eigenvalue weighted by atomic mass is 35.6. The summed E-state index contributed by atoms with van der Waals surface area (Å²) in [6.45, 7) is 0.338. The maximum Gasteiger partial charge on any atom is 0.407 e. The van der Waals surface area contributed by atoms with Gasteiger partial charge in [0, 0.05) is 23.6 Å². The molecule has 11 nitrogen and oxygen atoms in total. The number of nitrogens with one attached hydrogen (secondary N) is 1. The molecule has 0 bridgehead atoms. The fourth-order valence-corrected chi connectivity index (χ4v) is 3.86. The number of hydrogen-bond acceptors (Lipinski definition) is 8. The molecule has 0 spiro atoms. The second-order valence-corrected chi connectivity index (χ2v) is 10.5. The quantitative estimate of drug-likeness (QED) is 0.146. The molecule has 0 radical (unpaired) electrons. The van der Waals surface area contributed by atoms with Crippen LogP contribution in [0.5, 0.6) is 0 Å². The third kappa shape index (κ3) is 8.82. The number of unbranched alkanes of at least 4 members (excludes halogenated alkanes) is 2. The number of alkyl carbamates (subject to hydrolysis) is 1. The van der Waals surface area contributed by atoms with E-state index in [1.807, 2.05) is 30.3 Å². The smallest absolute Gasteiger partial charge is 0.407 e. The van der Waals surface area contributed by atoms with Crippen molar-refractivity contribution < 1.29 is 33.6 Å². The van der Waals surface area contributed by atoms with Crippen molar-refractivity contribution in [2.24, 2.45) is 5.11 Å². The first kappa shape index (κ1) is 28.0. The van der Waals surface area contributed by atoms with E-state index in [1.165, 1.54) is 0 Å². The highest BCUT2D eigenvalue weighted by Crippen LogP contribution is 2.34. The lowest BCUT2D eigenvalue weighted by Crippen LogP contribution is -2.66. The van der Waals surface area contributed by atoms with Gasteiger partial charge in [-0.2, -0.15) is 0 Å². The van der Waals surface area contributed by atoms with Crippen LogP contribution in [0.2, 0.25) is 0 Å². The Morgan fingerprint density at radius 3 is 2.71 bits per heavy atom. The van der Waals surface area contributed by atoms with Gasteiger partial charge >= 0.3 is 6.09 Å². The number of hydrogen-bond donors (Lipinski definition) is 2. The van der Waals surface area contributed by atoms with Crippen LogP contribution in [-0.2, 0) is 23.7 Å². The minimum Gasteiger partial charge on any atom is -0.445 e. The zero-order valence-corrected chi connectivity index (χ0v) is 20.9. The lowest BCUT2D eigenvalue weighted by Gasteiger charge is -2.47. The van der Waals surface area contributed by atoms with Crippen LogP contribution in [0.25, 0.3) is 10.4 Å². The largest absolute Gasteiger partial charge is 0.445 e. The molecule has 194 valence electrons. The number of aliphatic hydroxyl groups is 1. The third-order valence-electron chi connectivity index (χ3n) is 5.34. The summed E-state index contributed by atoms with van der Waals surface area (Å²) in [6, 6.07) is 8.23. The van der Waals surface area contributed by atoms with Gasteiger partial charge in [-0.25, -0.2) is 4.79 Å². The number of amides is 1. The third-order valence-corrected chi connectivity index (χ3v) is 5.66. The van der Waals surface area contributed by atoms with E-state index in [9.17, 15) is 9.90 Å². The Morgan fingerprint density at radius 1 is 1.23 bits per heavy atom. The van der Waals surface area contributed by atoms with E-state index < -0.39 is 53.4 Å². The van der Waals surface area contributed by atoms with Crippen molar-refractivity contribution in [2.45, 2.75) is 60.0 Å². The van der Waals surface area contributed by atoms with E-state index >= 15 is 0 Å². The SMILES string of the molecule is [N-]=[N+]=NCCCCCO[C@@H]1O[C@@H]2CO[C@@H](c3ccccc3)O[C@H]2[C@H](O)[C@H]1NC(=O)OCC(Cl)(Cl)Cl. The first-order chi connectivity index (χ1) is 16.8. The summed E-state index contributed by atoms with van der Waals surface area (Å²) >= 11 is 16.9. The molecule has 3 rings (SSSR count). The molecule has 0 aromatic heterocycles. The molecule has 2 aliphatic heterocycles. The van der Waals surface area contributed by atoms with Gasteiger partial charge in [-0.05, 0) is 18.4 Å². The van der Waals surface area contributed by atoms with Crippen LogP contribution in [0.1, 0.15) is 31.1 Å². The molecule has 0 saturated carbocycles. The second-order valence-electron chi connectivity index (χ2n) is 7.96. The van der Waals surface area contributed by atoms with Gasteiger partial charge in [0.15, 0.2) is 12.6 Å². The summed E-state index contributed by atoms with van der Waals surface area (Å²) in [5, 5.41) is 17.2. The van der Waals surface area contributed by atoms with Crippen LogP contribution in [0.15, 0.2) is 35.4 Å². The number of carbonyl (C=O) groups excluding carboxylic acids is 1. The zero-order chi connectivity index (χ0) is 25.3. The number of nitrogens with zero attached hydrogens (tertiary/aromatic N) is 3. The van der Waals surface area contributed by atoms with Crippen LogP contribution in [0.4, 0.5) is 4.79 Å². The molecular weight excluding hydrogens is 527 g/mol. The van der Waals surface area contributed by atoms with Crippen LogP contribution in [0.3, 0.4) is 0 Å². The van der Waals surface area contributed by atoms with Crippen molar-refractivity contribution in [3.8, 4) is 0 Å². The van der Waals surface area contributed by atoms with E-state index in [-0.39, 0.29) is 13.2 Å². The summed E-state index contributed by atoms with van der Waals surface area (Å²) in [7, 11) is 0.